The summed E-state index contributed by atoms with van der Waals surface area (Å²) in [4.78, 5) is 12.3. The second-order valence-corrected chi connectivity index (χ2v) is 8.03. The lowest BCUT2D eigenvalue weighted by molar-refractivity contribution is -0.117. The Morgan fingerprint density at radius 1 is 1.18 bits per heavy atom. The first kappa shape index (κ1) is 20.1. The molecule has 0 radical (unpaired) electrons. The Kier molecular flexibility index (Phi) is 6.12. The van der Waals surface area contributed by atoms with Gasteiger partial charge < -0.3 is 10.1 Å². The molecule has 1 heterocycles. The molecule has 4 N–H and O–H groups in total. The summed E-state index contributed by atoms with van der Waals surface area (Å²) in [6.45, 7) is 2.37. The highest BCUT2D eigenvalue weighted by Crippen LogP contribution is 2.20. The van der Waals surface area contributed by atoms with Crippen molar-refractivity contribution in [2.45, 2.75) is 24.8 Å². The van der Waals surface area contributed by atoms with Crippen molar-refractivity contribution in [2.24, 2.45) is 0 Å². The summed E-state index contributed by atoms with van der Waals surface area (Å²) < 4.78 is 46.1. The number of ether oxygens (including phenoxy) is 1. The highest BCUT2D eigenvalue weighted by molar-refractivity contribution is 7.93. The molecular weight excluding hydrogens is 387 g/mol. The largest absolute Gasteiger partial charge is 0.494 e. The third kappa shape index (κ3) is 4.97. The predicted octanol–water partition coefficient (Wildman–Crippen LogP) is 1.80. The van der Waals surface area contributed by atoms with Crippen LogP contribution in [0, 0.1) is 5.82 Å². The van der Waals surface area contributed by atoms with Crippen molar-refractivity contribution in [3.05, 3.63) is 54.3 Å². The number of rotatable bonds is 7. The molecular formula is C18H21FN4O4S. The van der Waals surface area contributed by atoms with Crippen LogP contribution in [0.3, 0.4) is 0 Å². The summed E-state index contributed by atoms with van der Waals surface area (Å²) in [5.74, 6) is -0.299. The number of benzene rings is 2. The van der Waals surface area contributed by atoms with Crippen molar-refractivity contribution in [1.82, 2.24) is 10.9 Å². The van der Waals surface area contributed by atoms with Crippen molar-refractivity contribution in [3.63, 3.8) is 0 Å². The highest BCUT2D eigenvalue weighted by Gasteiger charge is 2.37. The molecule has 2 aromatic rings. The number of hydrazine groups is 1. The number of hydrogen-bond donors (Lipinski definition) is 4. The van der Waals surface area contributed by atoms with Gasteiger partial charge >= 0.3 is 0 Å². The van der Waals surface area contributed by atoms with Gasteiger partial charge in [0.15, 0.2) is 0 Å². The molecule has 2 aromatic carbocycles. The van der Waals surface area contributed by atoms with Crippen molar-refractivity contribution < 1.29 is 22.3 Å². The second kappa shape index (κ2) is 8.55. The Balaban J connectivity index is 1.59. The zero-order valence-electron chi connectivity index (χ0n) is 15.1. The molecule has 28 heavy (non-hydrogen) atoms. The molecule has 1 saturated heterocycles. The van der Waals surface area contributed by atoms with E-state index in [9.17, 15) is 17.6 Å². The number of hydrogen-bond acceptors (Lipinski definition) is 6. The maximum atomic E-state index is 13.2. The van der Waals surface area contributed by atoms with Crippen LogP contribution in [0.15, 0.2) is 48.5 Å². The van der Waals surface area contributed by atoms with Crippen LogP contribution in [-0.4, -0.2) is 32.3 Å². The fraction of sp³-hybridized carbons (Fsp3) is 0.278. The lowest BCUT2D eigenvalue weighted by atomic mass is 10.2. The normalized spacial score (nSPS) is 19.2. The summed E-state index contributed by atoms with van der Waals surface area (Å²) in [5.41, 5.74) is 5.96. The lowest BCUT2D eigenvalue weighted by Crippen LogP contribution is -2.42. The molecule has 0 saturated carbocycles. The highest BCUT2D eigenvalue weighted by atomic mass is 32.2. The average Bonchev–Trinajstić information content (AvgIpc) is 3.15. The molecule has 1 aliphatic heterocycles. The standard InChI is InChI=1S/C18H21FN4O4S/c1-2-27-15-8-6-13(7-9-15)23-28(25,26)17-11-16(21-22-17)18(24)20-14-5-3-4-12(19)10-14/h3-10,16-17,21-23H,2,11H2,1H3,(H,20,24). The van der Waals surface area contributed by atoms with Crippen molar-refractivity contribution >= 4 is 27.3 Å². The SMILES string of the molecule is CCOc1ccc(NS(=O)(=O)C2CC(C(=O)Nc3cccc(F)c3)NN2)cc1. The van der Waals surface area contributed by atoms with Crippen LogP contribution in [0.25, 0.3) is 0 Å². The summed E-state index contributed by atoms with van der Waals surface area (Å²) in [6, 6.07) is 11.2. The van der Waals surface area contributed by atoms with Crippen LogP contribution in [0.1, 0.15) is 13.3 Å². The third-order valence-corrected chi connectivity index (χ3v) is 5.66. The van der Waals surface area contributed by atoms with Crippen molar-refractivity contribution in [3.8, 4) is 5.75 Å². The number of carbonyl (C=O) groups is 1. The molecule has 150 valence electrons. The van der Waals surface area contributed by atoms with E-state index in [-0.39, 0.29) is 6.42 Å². The molecule has 1 amide bonds. The Hall–Kier alpha value is -2.69. The van der Waals surface area contributed by atoms with Gasteiger partial charge in [-0.1, -0.05) is 6.07 Å². The van der Waals surface area contributed by atoms with Crippen LogP contribution in [0.4, 0.5) is 15.8 Å². The van der Waals surface area contributed by atoms with Gasteiger partial charge in [-0.05, 0) is 49.4 Å². The summed E-state index contributed by atoms with van der Waals surface area (Å²) >= 11 is 0. The van der Waals surface area contributed by atoms with Gasteiger partial charge in [-0.3, -0.25) is 9.52 Å². The summed E-state index contributed by atoms with van der Waals surface area (Å²) in [5, 5.41) is 1.54. The van der Waals surface area contributed by atoms with Crippen molar-refractivity contribution in [2.75, 3.05) is 16.6 Å². The zero-order valence-corrected chi connectivity index (χ0v) is 15.9. The molecule has 0 bridgehead atoms. The van der Waals surface area contributed by atoms with Gasteiger partial charge in [0.2, 0.25) is 15.9 Å². The van der Waals surface area contributed by atoms with Crippen LogP contribution in [0.2, 0.25) is 0 Å². The molecule has 0 spiro atoms. The average molecular weight is 408 g/mol. The quantitative estimate of drug-likeness (QED) is 0.556. The molecule has 2 atom stereocenters. The fourth-order valence-corrected chi connectivity index (χ4v) is 4.00. The minimum absolute atomic E-state index is 0.00745. The predicted molar refractivity (Wildman–Crippen MR) is 104 cm³/mol. The molecule has 1 aliphatic rings. The van der Waals surface area contributed by atoms with Gasteiger partial charge in [-0.2, -0.15) is 0 Å². The molecule has 8 nitrogen and oxygen atoms in total. The monoisotopic (exact) mass is 408 g/mol. The van der Waals surface area contributed by atoms with Crippen LogP contribution in [-0.2, 0) is 14.8 Å². The van der Waals surface area contributed by atoms with E-state index in [1.807, 2.05) is 6.92 Å². The fourth-order valence-electron chi connectivity index (χ4n) is 2.72. The van der Waals surface area contributed by atoms with Gasteiger partial charge in [0.25, 0.3) is 0 Å². The molecule has 3 rings (SSSR count). The first-order valence-corrected chi connectivity index (χ1v) is 10.2. The van der Waals surface area contributed by atoms with Crippen molar-refractivity contribution in [1.29, 1.82) is 0 Å². The number of anilines is 2. The summed E-state index contributed by atoms with van der Waals surface area (Å²) in [6.07, 6.45) is 0.00745. The second-order valence-electron chi connectivity index (χ2n) is 6.17. The number of amides is 1. The number of nitrogens with one attached hydrogen (secondary N) is 4. The lowest BCUT2D eigenvalue weighted by Gasteiger charge is -2.14. The van der Waals surface area contributed by atoms with Gasteiger partial charge in [-0.15, -0.1) is 0 Å². The van der Waals surface area contributed by atoms with Gasteiger partial charge in [0.1, 0.15) is 23.0 Å². The van der Waals surface area contributed by atoms with E-state index in [0.717, 1.165) is 0 Å². The van der Waals surface area contributed by atoms with E-state index in [2.05, 4.69) is 20.9 Å². The first-order valence-electron chi connectivity index (χ1n) is 8.69. The Bertz CT molecular complexity index is 937. The minimum atomic E-state index is -3.79. The molecule has 1 fully saturated rings. The molecule has 0 aromatic heterocycles. The first-order chi connectivity index (χ1) is 13.4. The van der Waals surface area contributed by atoms with E-state index in [0.29, 0.717) is 23.7 Å². The molecule has 10 heteroatoms. The van der Waals surface area contributed by atoms with Gasteiger partial charge in [0, 0.05) is 17.8 Å². The van der Waals surface area contributed by atoms with E-state index < -0.39 is 33.2 Å². The van der Waals surface area contributed by atoms with E-state index in [1.54, 1.807) is 30.3 Å². The Labute approximate surface area is 162 Å². The van der Waals surface area contributed by atoms with Crippen LogP contribution < -0.4 is 25.6 Å². The maximum Gasteiger partial charge on any atom is 0.250 e. The topological polar surface area (TPSA) is 109 Å². The maximum absolute atomic E-state index is 13.2. The van der Waals surface area contributed by atoms with E-state index in [1.165, 1.54) is 18.2 Å². The molecule has 2 unspecified atom stereocenters. The Morgan fingerprint density at radius 3 is 2.61 bits per heavy atom. The smallest absolute Gasteiger partial charge is 0.250 e. The van der Waals surface area contributed by atoms with Crippen LogP contribution in [0.5, 0.6) is 5.75 Å². The van der Waals surface area contributed by atoms with Gasteiger partial charge in [-0.25, -0.2) is 23.7 Å². The van der Waals surface area contributed by atoms with Crippen LogP contribution >= 0.6 is 0 Å². The number of carbonyl (C=O) groups excluding carboxylic acids is 1. The zero-order chi connectivity index (χ0) is 20.1. The third-order valence-electron chi connectivity index (χ3n) is 4.08. The van der Waals surface area contributed by atoms with Gasteiger partial charge in [0.05, 0.1) is 6.61 Å². The van der Waals surface area contributed by atoms with E-state index >= 15 is 0 Å². The molecule has 0 aliphatic carbocycles. The number of halogens is 1. The Morgan fingerprint density at radius 2 is 1.93 bits per heavy atom. The summed E-state index contributed by atoms with van der Waals surface area (Å²) in [7, 11) is -3.79. The number of sulfonamides is 1. The minimum Gasteiger partial charge on any atom is -0.494 e. The van der Waals surface area contributed by atoms with E-state index in [4.69, 9.17) is 4.74 Å².